The van der Waals surface area contributed by atoms with Crippen molar-refractivity contribution in [2.75, 3.05) is 0 Å². The molecule has 156 valence electrons. The van der Waals surface area contributed by atoms with Crippen LogP contribution in [0.2, 0.25) is 0 Å². The minimum Gasteiger partial charge on any atom is -0.340 e. The lowest BCUT2D eigenvalue weighted by atomic mass is 9.99. The van der Waals surface area contributed by atoms with E-state index in [1.165, 1.54) is 18.3 Å². The molecule has 1 N–H and O–H groups in total. The van der Waals surface area contributed by atoms with E-state index in [9.17, 15) is 36.8 Å². The monoisotopic (exact) mass is 427 g/mol. The van der Waals surface area contributed by atoms with Gasteiger partial charge in [0.2, 0.25) is 12.0 Å². The van der Waals surface area contributed by atoms with Gasteiger partial charge in [-0.25, -0.2) is 4.98 Å². The molecule has 1 saturated carbocycles. The zero-order valence-corrected chi connectivity index (χ0v) is 15.1. The maximum atomic E-state index is 14.7. The quantitative estimate of drug-likeness (QED) is 0.387. The number of nitrogens with zero attached hydrogens (tertiary/aromatic N) is 4. The fraction of sp³-hybridized carbons (Fsp3) is 0.316. The topological polar surface area (TPSA) is 65.7 Å². The van der Waals surface area contributed by atoms with Crippen molar-refractivity contribution in [3.63, 3.8) is 0 Å². The van der Waals surface area contributed by atoms with Crippen LogP contribution in [0, 0.1) is 17.1 Å². The van der Waals surface area contributed by atoms with Crippen LogP contribution in [-0.2, 0) is 12.0 Å². The van der Waals surface area contributed by atoms with Crippen molar-refractivity contribution < 1.29 is 36.3 Å². The van der Waals surface area contributed by atoms with Gasteiger partial charge in [-0.15, -0.1) is 0 Å². The Morgan fingerprint density at radius 3 is 2.50 bits per heavy atom. The Labute approximate surface area is 165 Å². The predicted molar refractivity (Wildman–Crippen MR) is 90.0 cm³/mol. The van der Waals surface area contributed by atoms with Crippen LogP contribution in [0.4, 0.5) is 26.3 Å². The van der Waals surface area contributed by atoms with E-state index < -0.39 is 29.9 Å². The molecule has 0 aliphatic heterocycles. The number of hydrogen-bond acceptors (Lipinski definition) is 3. The molecular weight excluding hydrogens is 414 g/mol. The standard InChI is InChI=1S/C19H13F6N4O/c20-13-6-12(17(9-26)2-3-17)8-29(30)16(13)14-5-11-1-4-28(15(11)7-27-14)10-18(21,22)19(23,24)25/h1,4-8,30H,2-3,10H2/q+1. The molecule has 4 rings (SSSR count). The lowest BCUT2D eigenvalue weighted by Crippen LogP contribution is -2.40. The summed E-state index contributed by atoms with van der Waals surface area (Å²) in [5.74, 6) is -5.79. The van der Waals surface area contributed by atoms with E-state index in [1.54, 1.807) is 0 Å². The van der Waals surface area contributed by atoms with E-state index in [0.29, 0.717) is 27.7 Å². The molecule has 0 spiro atoms. The average Bonchev–Trinajstić information content (AvgIpc) is 3.37. The molecule has 0 radical (unpaired) electrons. The molecular formula is C19H13F6N4O+. The van der Waals surface area contributed by atoms with Crippen LogP contribution in [0.5, 0.6) is 0 Å². The van der Waals surface area contributed by atoms with Gasteiger partial charge in [0.25, 0.3) is 0 Å². The number of hydrogen-bond donors (Lipinski definition) is 1. The number of pyridine rings is 2. The van der Waals surface area contributed by atoms with Crippen molar-refractivity contribution in [2.45, 2.75) is 36.9 Å². The lowest BCUT2D eigenvalue weighted by Gasteiger charge is -2.20. The van der Waals surface area contributed by atoms with Gasteiger partial charge in [0.1, 0.15) is 5.69 Å². The molecule has 1 fully saturated rings. The molecule has 0 amide bonds. The Bertz CT molecular complexity index is 1170. The fourth-order valence-corrected chi connectivity index (χ4v) is 3.30. The summed E-state index contributed by atoms with van der Waals surface area (Å²) >= 11 is 0. The van der Waals surface area contributed by atoms with Gasteiger partial charge in [0.15, 0.2) is 0 Å². The molecule has 5 nitrogen and oxygen atoms in total. The fourth-order valence-electron chi connectivity index (χ4n) is 3.30. The number of aromatic nitrogens is 3. The Morgan fingerprint density at radius 2 is 1.93 bits per heavy atom. The smallest absolute Gasteiger partial charge is 0.340 e. The van der Waals surface area contributed by atoms with Crippen molar-refractivity contribution in [3.05, 3.63) is 48.2 Å². The van der Waals surface area contributed by atoms with Crippen LogP contribution in [0.1, 0.15) is 18.4 Å². The number of rotatable bonds is 4. The maximum absolute atomic E-state index is 14.7. The highest BCUT2D eigenvalue weighted by Crippen LogP contribution is 2.47. The van der Waals surface area contributed by atoms with E-state index >= 15 is 0 Å². The van der Waals surface area contributed by atoms with Gasteiger partial charge in [-0.2, -0.15) is 31.6 Å². The summed E-state index contributed by atoms with van der Waals surface area (Å²) in [6.45, 7) is -1.62. The van der Waals surface area contributed by atoms with E-state index in [0.717, 1.165) is 18.5 Å². The van der Waals surface area contributed by atoms with Crippen molar-refractivity contribution >= 4 is 10.9 Å². The summed E-state index contributed by atoms with van der Waals surface area (Å²) in [5, 5.41) is 19.7. The Balaban J connectivity index is 1.71. The summed E-state index contributed by atoms with van der Waals surface area (Å²) < 4.78 is 80.0. The third kappa shape index (κ3) is 3.12. The van der Waals surface area contributed by atoms with Gasteiger partial charge < -0.3 is 4.57 Å². The van der Waals surface area contributed by atoms with Crippen LogP contribution in [-0.4, -0.2) is 26.9 Å². The van der Waals surface area contributed by atoms with Gasteiger partial charge in [0, 0.05) is 21.9 Å². The molecule has 0 aromatic carbocycles. The molecule has 3 aromatic heterocycles. The zero-order valence-electron chi connectivity index (χ0n) is 15.1. The largest absolute Gasteiger partial charge is 0.455 e. The second-order valence-corrected chi connectivity index (χ2v) is 7.24. The van der Waals surface area contributed by atoms with E-state index in [2.05, 4.69) is 11.1 Å². The highest BCUT2D eigenvalue weighted by Gasteiger charge is 2.57. The SMILES string of the molecule is N#CC1(c2cc(F)c(-c3cc4ccn(CC(F)(F)C(F)(F)F)c4cn3)[n+](O)c2)CC1. The van der Waals surface area contributed by atoms with Crippen LogP contribution in [0.15, 0.2) is 36.8 Å². The van der Waals surface area contributed by atoms with E-state index in [4.69, 9.17) is 0 Å². The minimum absolute atomic E-state index is 0.00870. The highest BCUT2D eigenvalue weighted by atomic mass is 19.4. The van der Waals surface area contributed by atoms with Crippen LogP contribution in [0.3, 0.4) is 0 Å². The van der Waals surface area contributed by atoms with Crippen molar-refractivity contribution in [3.8, 4) is 17.5 Å². The Morgan fingerprint density at radius 1 is 1.23 bits per heavy atom. The summed E-state index contributed by atoms with van der Waals surface area (Å²) in [7, 11) is 0. The molecule has 30 heavy (non-hydrogen) atoms. The molecule has 3 heterocycles. The van der Waals surface area contributed by atoms with Crippen LogP contribution >= 0.6 is 0 Å². The van der Waals surface area contributed by atoms with Gasteiger partial charge in [-0.05, 0) is 31.0 Å². The lowest BCUT2D eigenvalue weighted by molar-refractivity contribution is -0.897. The number of halogens is 6. The first-order valence-electron chi connectivity index (χ1n) is 8.73. The number of nitriles is 1. The number of alkyl halides is 5. The summed E-state index contributed by atoms with van der Waals surface area (Å²) in [6, 6.07) is 5.76. The first kappa shape index (κ1) is 20.0. The molecule has 0 bridgehead atoms. The first-order chi connectivity index (χ1) is 14.0. The molecule has 1 aliphatic rings. The summed E-state index contributed by atoms with van der Waals surface area (Å²) in [6.07, 6.45) is -1.33. The van der Waals surface area contributed by atoms with E-state index in [-0.39, 0.29) is 22.3 Å². The van der Waals surface area contributed by atoms with Gasteiger partial charge >= 0.3 is 17.8 Å². The van der Waals surface area contributed by atoms with Crippen molar-refractivity contribution in [2.24, 2.45) is 0 Å². The molecule has 0 atom stereocenters. The van der Waals surface area contributed by atoms with Gasteiger partial charge in [-0.1, -0.05) is 0 Å². The van der Waals surface area contributed by atoms with Crippen LogP contribution < -0.4 is 4.73 Å². The Hall–Kier alpha value is -3.29. The third-order valence-corrected chi connectivity index (χ3v) is 5.20. The zero-order chi connectivity index (χ0) is 21.9. The molecule has 0 saturated heterocycles. The van der Waals surface area contributed by atoms with Crippen molar-refractivity contribution in [1.82, 2.24) is 9.55 Å². The van der Waals surface area contributed by atoms with Crippen LogP contribution in [0.25, 0.3) is 22.3 Å². The average molecular weight is 427 g/mol. The molecule has 0 unspecified atom stereocenters. The molecule has 1 aliphatic carbocycles. The minimum atomic E-state index is -5.70. The summed E-state index contributed by atoms with van der Waals surface area (Å²) in [5.41, 5.74) is -0.915. The van der Waals surface area contributed by atoms with Crippen molar-refractivity contribution in [1.29, 1.82) is 5.26 Å². The van der Waals surface area contributed by atoms with E-state index in [1.807, 2.05) is 0 Å². The first-order valence-corrected chi connectivity index (χ1v) is 8.73. The maximum Gasteiger partial charge on any atom is 0.455 e. The normalized spacial score (nSPS) is 15.9. The predicted octanol–water partition coefficient (Wildman–Crippen LogP) is 4.12. The Kier molecular flexibility index (Phi) is 4.24. The summed E-state index contributed by atoms with van der Waals surface area (Å²) in [4.78, 5) is 3.92. The molecule has 11 heteroatoms. The second kappa shape index (κ2) is 6.35. The number of fused-ring (bicyclic) bond motifs is 1. The molecule has 3 aromatic rings. The van der Waals surface area contributed by atoms with Gasteiger partial charge in [0.05, 0.1) is 29.7 Å². The van der Waals surface area contributed by atoms with Gasteiger partial charge in [-0.3, -0.25) is 5.21 Å². The second-order valence-electron chi connectivity index (χ2n) is 7.24. The third-order valence-electron chi connectivity index (χ3n) is 5.20. The highest BCUT2D eigenvalue weighted by molar-refractivity contribution is 5.82.